The molecule has 4 saturated carbocycles. The molecule has 4 atom stereocenters. The van der Waals surface area contributed by atoms with Crippen LogP contribution in [0.4, 0.5) is 0 Å². The maximum atomic E-state index is 11.8. The van der Waals surface area contributed by atoms with Gasteiger partial charge in [0.2, 0.25) is 0 Å². The Labute approximate surface area is 84.3 Å². The second kappa shape index (κ2) is 2.62. The Morgan fingerprint density at radius 3 is 2.50 bits per heavy atom. The van der Waals surface area contributed by atoms with Crippen LogP contribution in [-0.2, 0) is 9.53 Å². The summed E-state index contributed by atoms with van der Waals surface area (Å²) in [7, 11) is 0. The van der Waals surface area contributed by atoms with E-state index in [1.165, 1.54) is 0 Å². The van der Waals surface area contributed by atoms with Crippen LogP contribution in [0.3, 0.4) is 0 Å². The van der Waals surface area contributed by atoms with Gasteiger partial charge in [0, 0.05) is 11.8 Å². The Hall–Kier alpha value is -0.790. The van der Waals surface area contributed by atoms with E-state index in [-0.39, 0.29) is 5.60 Å². The molecule has 0 aromatic carbocycles. The van der Waals surface area contributed by atoms with Gasteiger partial charge < -0.3 is 4.74 Å². The second-order valence-corrected chi connectivity index (χ2v) is 5.21. The van der Waals surface area contributed by atoms with Gasteiger partial charge in [0.15, 0.2) is 0 Å². The number of rotatable bonds is 2. The lowest BCUT2D eigenvalue weighted by molar-refractivity contribution is -0.162. The molecule has 76 valence electrons. The minimum absolute atomic E-state index is 0.00778. The fraction of sp³-hybridized carbons (Fsp3) is 0.750. The number of ether oxygens (including phenoxy) is 1. The molecule has 4 rings (SSSR count). The van der Waals surface area contributed by atoms with Crippen molar-refractivity contribution in [2.45, 2.75) is 37.7 Å². The summed E-state index contributed by atoms with van der Waals surface area (Å²) in [5.41, 5.74) is -0.00778. The average molecular weight is 192 g/mol. The molecule has 0 aromatic heterocycles. The molecule has 2 unspecified atom stereocenters. The predicted molar refractivity (Wildman–Crippen MR) is 52.6 cm³/mol. The third kappa shape index (κ3) is 0.999. The molecule has 4 aliphatic carbocycles. The molecule has 4 fully saturated rings. The quantitative estimate of drug-likeness (QED) is 0.627. The lowest BCUT2D eigenvalue weighted by Crippen LogP contribution is -2.55. The number of carbonyl (C=O) groups is 1. The van der Waals surface area contributed by atoms with Crippen LogP contribution in [0.25, 0.3) is 0 Å². The van der Waals surface area contributed by atoms with Crippen molar-refractivity contribution >= 4 is 5.78 Å². The van der Waals surface area contributed by atoms with Crippen LogP contribution in [0.2, 0.25) is 0 Å². The van der Waals surface area contributed by atoms with E-state index in [2.05, 4.69) is 6.58 Å². The average Bonchev–Trinajstić information content (AvgIpc) is 2.12. The molecule has 0 N–H and O–H groups in total. The lowest BCUT2D eigenvalue weighted by atomic mass is 9.53. The van der Waals surface area contributed by atoms with E-state index in [9.17, 15) is 4.79 Å². The molecule has 4 bridgehead atoms. The number of hydrogen-bond acceptors (Lipinski definition) is 2. The third-order valence-electron chi connectivity index (χ3n) is 4.27. The number of hydrogen-bond donors (Lipinski definition) is 0. The summed E-state index contributed by atoms with van der Waals surface area (Å²) in [6.07, 6.45) is 6.86. The van der Waals surface area contributed by atoms with Gasteiger partial charge in [0.25, 0.3) is 0 Å². The van der Waals surface area contributed by atoms with E-state index < -0.39 is 0 Å². The van der Waals surface area contributed by atoms with Crippen LogP contribution < -0.4 is 0 Å². The first-order chi connectivity index (χ1) is 6.72. The summed E-state index contributed by atoms with van der Waals surface area (Å²) in [5, 5.41) is 0. The highest BCUT2D eigenvalue weighted by Gasteiger charge is 2.56. The zero-order valence-corrected chi connectivity index (χ0v) is 8.37. The highest BCUT2D eigenvalue weighted by molar-refractivity contribution is 5.85. The van der Waals surface area contributed by atoms with Crippen molar-refractivity contribution < 1.29 is 9.53 Å². The first-order valence-corrected chi connectivity index (χ1v) is 5.55. The topological polar surface area (TPSA) is 26.3 Å². The zero-order chi connectivity index (χ0) is 9.76. The molecule has 2 nitrogen and oxygen atoms in total. The molecule has 0 heterocycles. The summed E-state index contributed by atoms with van der Waals surface area (Å²) in [6.45, 7) is 3.65. The monoisotopic (exact) mass is 192 g/mol. The molecule has 2 heteroatoms. The number of ketones is 1. The molecule has 0 aliphatic heterocycles. The van der Waals surface area contributed by atoms with E-state index in [0.29, 0.717) is 17.6 Å². The molecule has 0 saturated heterocycles. The van der Waals surface area contributed by atoms with E-state index in [1.54, 1.807) is 6.26 Å². The van der Waals surface area contributed by atoms with Gasteiger partial charge in [-0.1, -0.05) is 6.58 Å². The Morgan fingerprint density at radius 2 is 1.93 bits per heavy atom. The molecule has 0 amide bonds. The van der Waals surface area contributed by atoms with Gasteiger partial charge in [0.05, 0.1) is 6.26 Å². The fourth-order valence-electron chi connectivity index (χ4n) is 4.00. The Bertz CT molecular complexity index is 277. The van der Waals surface area contributed by atoms with E-state index in [4.69, 9.17) is 4.74 Å². The molecule has 0 radical (unpaired) electrons. The first-order valence-electron chi connectivity index (χ1n) is 5.55. The minimum Gasteiger partial charge on any atom is -0.495 e. The van der Waals surface area contributed by atoms with E-state index in [0.717, 1.165) is 38.0 Å². The van der Waals surface area contributed by atoms with Crippen LogP contribution in [0.15, 0.2) is 12.8 Å². The summed E-state index contributed by atoms with van der Waals surface area (Å²) >= 11 is 0. The third-order valence-corrected chi connectivity index (χ3v) is 4.27. The van der Waals surface area contributed by atoms with Crippen molar-refractivity contribution in [1.82, 2.24) is 0 Å². The van der Waals surface area contributed by atoms with Crippen LogP contribution in [0.5, 0.6) is 0 Å². The minimum atomic E-state index is -0.00778. The van der Waals surface area contributed by atoms with Gasteiger partial charge in [0.1, 0.15) is 11.4 Å². The van der Waals surface area contributed by atoms with Gasteiger partial charge in [-0.25, -0.2) is 0 Å². The molecular weight excluding hydrogens is 176 g/mol. The van der Waals surface area contributed by atoms with Crippen molar-refractivity contribution in [2.24, 2.45) is 17.8 Å². The summed E-state index contributed by atoms with van der Waals surface area (Å²) in [6, 6.07) is 0. The van der Waals surface area contributed by atoms with Crippen LogP contribution >= 0.6 is 0 Å². The van der Waals surface area contributed by atoms with Crippen LogP contribution in [0.1, 0.15) is 32.1 Å². The summed E-state index contributed by atoms with van der Waals surface area (Å²) in [4.78, 5) is 11.8. The Kier molecular flexibility index (Phi) is 1.59. The molecule has 0 aromatic rings. The maximum absolute atomic E-state index is 11.8. The fourth-order valence-corrected chi connectivity index (χ4v) is 4.00. The molecule has 0 spiro atoms. The van der Waals surface area contributed by atoms with Crippen molar-refractivity contribution in [3.05, 3.63) is 12.8 Å². The van der Waals surface area contributed by atoms with E-state index in [1.807, 2.05) is 0 Å². The van der Waals surface area contributed by atoms with Gasteiger partial charge in [-0.2, -0.15) is 0 Å². The SMILES string of the molecule is C=COC12CC3C[C@H](C1)C(=O)[C@@H](C3)C2. The highest BCUT2D eigenvalue weighted by atomic mass is 16.5. The van der Waals surface area contributed by atoms with Crippen molar-refractivity contribution in [2.75, 3.05) is 0 Å². The smallest absolute Gasteiger partial charge is 0.139 e. The summed E-state index contributed by atoms with van der Waals surface area (Å²) < 4.78 is 5.70. The number of carbonyl (C=O) groups excluding carboxylic acids is 1. The second-order valence-electron chi connectivity index (χ2n) is 5.21. The van der Waals surface area contributed by atoms with Gasteiger partial charge >= 0.3 is 0 Å². The first kappa shape index (κ1) is 8.51. The van der Waals surface area contributed by atoms with Crippen LogP contribution in [0, 0.1) is 17.8 Å². The van der Waals surface area contributed by atoms with Crippen molar-refractivity contribution in [1.29, 1.82) is 0 Å². The molecule has 4 aliphatic rings. The molecule has 14 heavy (non-hydrogen) atoms. The van der Waals surface area contributed by atoms with Crippen molar-refractivity contribution in [3.8, 4) is 0 Å². The lowest BCUT2D eigenvalue weighted by Gasteiger charge is -2.54. The van der Waals surface area contributed by atoms with Crippen LogP contribution in [-0.4, -0.2) is 11.4 Å². The number of Topliss-reactive ketones (excluding diaryl/α,β-unsaturated/α-hetero) is 1. The Balaban J connectivity index is 1.92. The summed E-state index contributed by atoms with van der Waals surface area (Å²) in [5.74, 6) is 1.87. The highest BCUT2D eigenvalue weighted by Crippen LogP contribution is 2.55. The standard InChI is InChI=1S/C12H16O2/c1-2-14-12-5-8-3-9(6-12)11(13)10(4-8)7-12/h2,8-10H,1,3-7H2/t8?,9-,10+,12?. The van der Waals surface area contributed by atoms with Crippen molar-refractivity contribution in [3.63, 3.8) is 0 Å². The van der Waals surface area contributed by atoms with E-state index >= 15 is 0 Å². The normalized spacial score (nSPS) is 49.4. The largest absolute Gasteiger partial charge is 0.495 e. The molecular formula is C12H16O2. The van der Waals surface area contributed by atoms with Gasteiger partial charge in [-0.15, -0.1) is 0 Å². The van der Waals surface area contributed by atoms with Gasteiger partial charge in [-0.05, 0) is 38.0 Å². The van der Waals surface area contributed by atoms with Gasteiger partial charge in [-0.3, -0.25) is 4.79 Å². The predicted octanol–water partition coefficient (Wildman–Crippen LogP) is 2.29. The zero-order valence-electron chi connectivity index (χ0n) is 8.37. The maximum Gasteiger partial charge on any atom is 0.139 e. The Morgan fingerprint density at radius 1 is 1.29 bits per heavy atom.